The summed E-state index contributed by atoms with van der Waals surface area (Å²) in [5.41, 5.74) is 0.235. The van der Waals surface area contributed by atoms with Gasteiger partial charge in [0.05, 0.1) is 13.7 Å². The highest BCUT2D eigenvalue weighted by atomic mass is 16.5. The molecule has 0 atom stereocenters. The van der Waals surface area contributed by atoms with Crippen LogP contribution in [0.1, 0.15) is 60.9 Å². The molecule has 2 aliphatic rings. The molecule has 3 rings (SSSR count). The Morgan fingerprint density at radius 1 is 1.04 bits per heavy atom. The predicted octanol–water partition coefficient (Wildman–Crippen LogP) is 1.94. The summed E-state index contributed by atoms with van der Waals surface area (Å²) in [6.07, 6.45) is 4.44. The maximum atomic E-state index is 12.7. The van der Waals surface area contributed by atoms with Gasteiger partial charge in [0, 0.05) is 18.4 Å². The highest BCUT2D eigenvalue weighted by Crippen LogP contribution is 2.29. The molecule has 1 aromatic carbocycles. The van der Waals surface area contributed by atoms with Crippen LogP contribution < -0.4 is 5.32 Å². The molecule has 1 aliphatic carbocycles. The Balaban J connectivity index is 1.68. The summed E-state index contributed by atoms with van der Waals surface area (Å²) >= 11 is 0. The van der Waals surface area contributed by atoms with E-state index in [1.807, 2.05) is 0 Å². The lowest BCUT2D eigenvalue weighted by molar-refractivity contribution is -0.149. The van der Waals surface area contributed by atoms with Gasteiger partial charge in [-0.05, 0) is 30.5 Å². The Kier molecular flexibility index (Phi) is 5.58. The molecule has 7 nitrogen and oxygen atoms in total. The van der Waals surface area contributed by atoms with Gasteiger partial charge in [-0.2, -0.15) is 0 Å². The van der Waals surface area contributed by atoms with Crippen molar-refractivity contribution in [2.24, 2.45) is 0 Å². The second-order valence-corrected chi connectivity index (χ2v) is 7.16. The monoisotopic (exact) mass is 372 g/mol. The minimum Gasteiger partial charge on any atom is -0.467 e. The first-order valence-electron chi connectivity index (χ1n) is 9.28. The fourth-order valence-corrected chi connectivity index (χ4v) is 3.76. The van der Waals surface area contributed by atoms with Crippen molar-refractivity contribution in [3.8, 4) is 0 Å². The first kappa shape index (κ1) is 19.1. The number of ether oxygens (including phenoxy) is 1. The average molecular weight is 372 g/mol. The van der Waals surface area contributed by atoms with Gasteiger partial charge < -0.3 is 10.1 Å². The molecule has 144 valence electrons. The smallest absolute Gasteiger partial charge is 0.331 e. The van der Waals surface area contributed by atoms with Crippen LogP contribution in [0.15, 0.2) is 24.3 Å². The minimum absolute atomic E-state index is 0.167. The van der Waals surface area contributed by atoms with Crippen molar-refractivity contribution < 1.29 is 23.9 Å². The van der Waals surface area contributed by atoms with Crippen LogP contribution in [0.25, 0.3) is 0 Å². The summed E-state index contributed by atoms with van der Waals surface area (Å²) in [6, 6.07) is 6.73. The molecule has 1 aromatic rings. The number of nitrogens with zero attached hydrogens (tertiary/aromatic N) is 1. The van der Waals surface area contributed by atoms with Gasteiger partial charge in [-0.15, -0.1) is 0 Å². The highest BCUT2D eigenvalue weighted by Gasteiger charge is 2.42. The minimum atomic E-state index is -0.961. The first-order chi connectivity index (χ1) is 12.9. The van der Waals surface area contributed by atoms with Crippen molar-refractivity contribution in [2.45, 2.75) is 57.0 Å². The normalized spacial score (nSPS) is 19.1. The van der Waals surface area contributed by atoms with Gasteiger partial charge in [0.25, 0.3) is 5.91 Å². The molecule has 1 aliphatic heterocycles. The first-order valence-corrected chi connectivity index (χ1v) is 9.28. The van der Waals surface area contributed by atoms with Crippen LogP contribution >= 0.6 is 0 Å². The van der Waals surface area contributed by atoms with Gasteiger partial charge in [-0.1, -0.05) is 31.4 Å². The molecular weight excluding hydrogens is 348 g/mol. The summed E-state index contributed by atoms with van der Waals surface area (Å²) < 4.78 is 4.92. The van der Waals surface area contributed by atoms with Gasteiger partial charge in [-0.25, -0.2) is 4.79 Å². The lowest BCUT2D eigenvalue weighted by Crippen LogP contribution is -2.56. The number of benzene rings is 1. The lowest BCUT2D eigenvalue weighted by atomic mass is 9.81. The molecule has 1 N–H and O–H groups in total. The molecule has 7 heteroatoms. The van der Waals surface area contributed by atoms with Crippen LogP contribution in [0.3, 0.4) is 0 Å². The molecule has 0 unspecified atom stereocenters. The van der Waals surface area contributed by atoms with Gasteiger partial charge in [0.15, 0.2) is 0 Å². The number of likely N-dealkylation sites (tertiary alicyclic amines) is 1. The van der Waals surface area contributed by atoms with E-state index in [9.17, 15) is 19.2 Å². The van der Waals surface area contributed by atoms with Gasteiger partial charge in [-0.3, -0.25) is 19.3 Å². The van der Waals surface area contributed by atoms with Crippen molar-refractivity contribution in [2.75, 3.05) is 7.11 Å². The van der Waals surface area contributed by atoms with E-state index < -0.39 is 11.5 Å². The van der Waals surface area contributed by atoms with Crippen molar-refractivity contribution in [3.63, 3.8) is 0 Å². The number of nitrogens with one attached hydrogen (secondary N) is 1. The molecule has 0 aromatic heterocycles. The largest absolute Gasteiger partial charge is 0.467 e. The van der Waals surface area contributed by atoms with E-state index in [0.29, 0.717) is 18.4 Å². The maximum Gasteiger partial charge on any atom is 0.331 e. The van der Waals surface area contributed by atoms with E-state index >= 15 is 0 Å². The highest BCUT2D eigenvalue weighted by molar-refractivity contribution is 6.02. The van der Waals surface area contributed by atoms with E-state index in [-0.39, 0.29) is 37.1 Å². The summed E-state index contributed by atoms with van der Waals surface area (Å²) in [4.78, 5) is 49.6. The zero-order chi connectivity index (χ0) is 19.4. The van der Waals surface area contributed by atoms with E-state index in [1.165, 1.54) is 12.0 Å². The molecule has 0 bridgehead atoms. The number of carbonyl (C=O) groups excluding carboxylic acids is 4. The Hall–Kier alpha value is -2.70. The zero-order valence-electron chi connectivity index (χ0n) is 15.5. The van der Waals surface area contributed by atoms with Gasteiger partial charge >= 0.3 is 5.97 Å². The summed E-state index contributed by atoms with van der Waals surface area (Å²) in [5, 5.41) is 2.87. The standard InChI is InChI=1S/C20H24N2O5/c1-27-19(26)20(11-3-2-4-12-20)21-18(25)15-7-5-14(6-8-15)13-22-16(23)9-10-17(22)24/h5-8H,2-4,9-13H2,1H3,(H,21,25). The molecule has 0 radical (unpaired) electrons. The topological polar surface area (TPSA) is 92.8 Å². The average Bonchev–Trinajstić information content (AvgIpc) is 3.00. The van der Waals surface area contributed by atoms with Crippen molar-refractivity contribution >= 4 is 23.7 Å². The fourth-order valence-electron chi connectivity index (χ4n) is 3.76. The Morgan fingerprint density at radius 2 is 1.63 bits per heavy atom. The Bertz CT molecular complexity index is 734. The predicted molar refractivity (Wildman–Crippen MR) is 96.5 cm³/mol. The Morgan fingerprint density at radius 3 is 2.19 bits per heavy atom. The summed E-state index contributed by atoms with van der Waals surface area (Å²) in [5.74, 6) is -1.07. The van der Waals surface area contributed by atoms with E-state index in [4.69, 9.17) is 4.74 Å². The number of rotatable bonds is 5. The molecule has 2 fully saturated rings. The number of hydrogen-bond donors (Lipinski definition) is 1. The molecule has 1 saturated carbocycles. The van der Waals surface area contributed by atoms with E-state index in [0.717, 1.165) is 24.8 Å². The van der Waals surface area contributed by atoms with Crippen LogP contribution in [0.5, 0.6) is 0 Å². The zero-order valence-corrected chi connectivity index (χ0v) is 15.5. The molecular formula is C20H24N2O5. The number of methoxy groups -OCH3 is 1. The SMILES string of the molecule is COC(=O)C1(NC(=O)c2ccc(CN3C(=O)CCC3=O)cc2)CCCCC1. The molecule has 0 spiro atoms. The van der Waals surface area contributed by atoms with Gasteiger partial charge in [0.1, 0.15) is 5.54 Å². The van der Waals surface area contributed by atoms with Crippen molar-refractivity contribution in [1.29, 1.82) is 0 Å². The second kappa shape index (κ2) is 7.90. The van der Waals surface area contributed by atoms with Crippen molar-refractivity contribution in [1.82, 2.24) is 10.2 Å². The number of imide groups is 1. The number of amides is 3. The lowest BCUT2D eigenvalue weighted by Gasteiger charge is -2.35. The number of esters is 1. The van der Waals surface area contributed by atoms with E-state index in [2.05, 4.69) is 5.32 Å². The van der Waals surface area contributed by atoms with Crippen LogP contribution in [0.2, 0.25) is 0 Å². The number of carbonyl (C=O) groups is 4. The fraction of sp³-hybridized carbons (Fsp3) is 0.500. The van der Waals surface area contributed by atoms with Crippen molar-refractivity contribution in [3.05, 3.63) is 35.4 Å². The number of hydrogen-bond acceptors (Lipinski definition) is 5. The third kappa shape index (κ3) is 4.02. The van der Waals surface area contributed by atoms with E-state index in [1.54, 1.807) is 24.3 Å². The summed E-state index contributed by atoms with van der Waals surface area (Å²) in [7, 11) is 1.33. The molecule has 27 heavy (non-hydrogen) atoms. The van der Waals surface area contributed by atoms with Crippen LogP contribution in [0.4, 0.5) is 0 Å². The van der Waals surface area contributed by atoms with Crippen LogP contribution in [-0.4, -0.2) is 41.2 Å². The van der Waals surface area contributed by atoms with Crippen LogP contribution in [0, 0.1) is 0 Å². The maximum absolute atomic E-state index is 12.7. The van der Waals surface area contributed by atoms with Gasteiger partial charge in [0.2, 0.25) is 11.8 Å². The molecule has 1 heterocycles. The third-order valence-electron chi connectivity index (χ3n) is 5.35. The molecule has 1 saturated heterocycles. The quantitative estimate of drug-likeness (QED) is 0.630. The molecule has 3 amide bonds. The summed E-state index contributed by atoms with van der Waals surface area (Å²) in [6.45, 7) is 0.214. The second-order valence-electron chi connectivity index (χ2n) is 7.16. The van der Waals surface area contributed by atoms with Crippen LogP contribution in [-0.2, 0) is 25.7 Å². The Labute approximate surface area is 158 Å². The third-order valence-corrected chi connectivity index (χ3v) is 5.35.